The molecular weight excluding hydrogens is 428 g/mol. The summed E-state index contributed by atoms with van der Waals surface area (Å²) in [5.41, 5.74) is 0.924. The number of carbonyl (C=O) groups is 1. The van der Waals surface area contributed by atoms with Gasteiger partial charge in [0.05, 0.1) is 10.5 Å². The first-order valence-electron chi connectivity index (χ1n) is 11.0. The lowest BCUT2D eigenvalue weighted by Gasteiger charge is -2.32. The molecule has 0 bridgehead atoms. The number of hydrogen-bond donors (Lipinski definition) is 0. The van der Waals surface area contributed by atoms with E-state index < -0.39 is 0 Å². The van der Waals surface area contributed by atoms with Crippen molar-refractivity contribution >= 4 is 51.7 Å². The minimum atomic E-state index is -0.157. The van der Waals surface area contributed by atoms with Crippen LogP contribution in [0.2, 0.25) is 0 Å². The van der Waals surface area contributed by atoms with Crippen molar-refractivity contribution in [1.29, 1.82) is 0 Å². The first-order chi connectivity index (χ1) is 15.0. The summed E-state index contributed by atoms with van der Waals surface area (Å²) in [6.45, 7) is 6.73. The summed E-state index contributed by atoms with van der Waals surface area (Å²) in [6, 6.07) is 5.54. The second-order valence-corrected chi connectivity index (χ2v) is 9.97. The molecule has 2 aliphatic rings. The van der Waals surface area contributed by atoms with Gasteiger partial charge < -0.3 is 4.90 Å². The van der Waals surface area contributed by atoms with E-state index in [-0.39, 0.29) is 11.5 Å². The zero-order chi connectivity index (χ0) is 22.0. The van der Waals surface area contributed by atoms with E-state index in [2.05, 4.69) is 18.7 Å². The molecule has 2 saturated heterocycles. The number of thiocarbonyl (C=S) groups is 1. The third-order valence-corrected chi connectivity index (χ3v) is 7.34. The molecule has 8 heteroatoms. The zero-order valence-corrected chi connectivity index (χ0v) is 19.7. The number of carbonyl (C=O) groups excluding carboxylic acids is 1. The monoisotopic (exact) mass is 456 g/mol. The number of unbranched alkanes of at least 4 members (excludes halogenated alkanes) is 2. The van der Waals surface area contributed by atoms with E-state index >= 15 is 0 Å². The van der Waals surface area contributed by atoms with Crippen molar-refractivity contribution in [3.63, 3.8) is 0 Å². The molecule has 0 saturated carbocycles. The van der Waals surface area contributed by atoms with Gasteiger partial charge in [-0.25, -0.2) is 4.98 Å². The summed E-state index contributed by atoms with van der Waals surface area (Å²) >= 11 is 6.74. The molecule has 6 nitrogen and oxygen atoms in total. The Morgan fingerprint density at radius 1 is 1.23 bits per heavy atom. The molecule has 0 spiro atoms. The molecule has 0 unspecified atom stereocenters. The number of thioether (sulfide) groups is 1. The molecular formula is C23H28N4O2S2. The second kappa shape index (κ2) is 9.53. The second-order valence-electron chi connectivity index (χ2n) is 8.29. The van der Waals surface area contributed by atoms with Crippen LogP contribution in [0, 0.1) is 5.92 Å². The minimum Gasteiger partial charge on any atom is -0.356 e. The van der Waals surface area contributed by atoms with Crippen molar-refractivity contribution in [3.05, 3.63) is 45.2 Å². The van der Waals surface area contributed by atoms with Crippen LogP contribution in [0.25, 0.3) is 11.7 Å². The summed E-state index contributed by atoms with van der Waals surface area (Å²) in [5.74, 6) is 1.22. The predicted octanol–water partition coefficient (Wildman–Crippen LogP) is 4.32. The van der Waals surface area contributed by atoms with Crippen LogP contribution in [0.3, 0.4) is 0 Å². The standard InChI is InChI=1S/C23H28N4O2S2/c1-3-4-6-12-27-22(29)18(31-23(27)30)15-17-20(25-13-9-16(2)10-14-25)24-19-8-5-7-11-26(19)21(17)28/h5,7-8,11,15-16H,3-4,6,9-10,12-14H2,1-2H3. The maximum Gasteiger partial charge on any atom is 0.267 e. The van der Waals surface area contributed by atoms with Gasteiger partial charge in [-0.15, -0.1) is 0 Å². The lowest BCUT2D eigenvalue weighted by Crippen LogP contribution is -2.36. The molecule has 1 amide bonds. The quantitative estimate of drug-likeness (QED) is 0.367. The van der Waals surface area contributed by atoms with Crippen LogP contribution in [0.1, 0.15) is 51.5 Å². The number of nitrogens with zero attached hydrogens (tertiary/aromatic N) is 4. The van der Waals surface area contributed by atoms with Crippen molar-refractivity contribution in [2.45, 2.75) is 46.0 Å². The van der Waals surface area contributed by atoms with Gasteiger partial charge in [0.15, 0.2) is 0 Å². The molecule has 2 aliphatic heterocycles. The average molecular weight is 457 g/mol. The number of anilines is 1. The Bertz CT molecular complexity index is 1090. The fourth-order valence-corrected chi connectivity index (χ4v) is 5.31. The Morgan fingerprint density at radius 3 is 2.74 bits per heavy atom. The molecule has 164 valence electrons. The van der Waals surface area contributed by atoms with E-state index in [0.717, 1.165) is 45.2 Å². The van der Waals surface area contributed by atoms with Gasteiger partial charge in [-0.3, -0.25) is 18.9 Å². The molecule has 0 aliphatic carbocycles. The fraction of sp³-hybridized carbons (Fsp3) is 0.478. The van der Waals surface area contributed by atoms with Crippen LogP contribution in [-0.2, 0) is 4.79 Å². The van der Waals surface area contributed by atoms with Crippen molar-refractivity contribution in [3.8, 4) is 0 Å². The first-order valence-corrected chi connectivity index (χ1v) is 12.2. The van der Waals surface area contributed by atoms with Gasteiger partial charge in [0.25, 0.3) is 11.5 Å². The van der Waals surface area contributed by atoms with Gasteiger partial charge in [-0.2, -0.15) is 0 Å². The van der Waals surface area contributed by atoms with Gasteiger partial charge in [0, 0.05) is 25.8 Å². The zero-order valence-electron chi connectivity index (χ0n) is 18.0. The molecule has 4 rings (SSSR count). The molecule has 4 heterocycles. The lowest BCUT2D eigenvalue weighted by molar-refractivity contribution is -0.122. The topological polar surface area (TPSA) is 57.9 Å². The first kappa shape index (κ1) is 22.0. The van der Waals surface area contributed by atoms with Crippen molar-refractivity contribution in [1.82, 2.24) is 14.3 Å². The summed E-state index contributed by atoms with van der Waals surface area (Å²) in [6.07, 6.45) is 8.63. The smallest absolute Gasteiger partial charge is 0.267 e. The SMILES string of the molecule is CCCCCN1C(=O)C(=Cc2c(N3CCC(C)CC3)nc3ccccn3c2=O)SC1=S. The Hall–Kier alpha value is -2.19. The number of fused-ring (bicyclic) bond motifs is 1. The van der Waals surface area contributed by atoms with E-state index in [0.29, 0.717) is 38.7 Å². The maximum absolute atomic E-state index is 13.4. The van der Waals surface area contributed by atoms with E-state index in [1.54, 1.807) is 21.6 Å². The summed E-state index contributed by atoms with van der Waals surface area (Å²) < 4.78 is 2.11. The molecule has 31 heavy (non-hydrogen) atoms. The third-order valence-electron chi connectivity index (χ3n) is 5.97. The van der Waals surface area contributed by atoms with Crippen molar-refractivity contribution in [2.75, 3.05) is 24.5 Å². The number of rotatable bonds is 6. The highest BCUT2D eigenvalue weighted by atomic mass is 32.2. The number of piperidine rings is 1. The number of pyridine rings is 1. The van der Waals surface area contributed by atoms with E-state index in [9.17, 15) is 9.59 Å². The lowest BCUT2D eigenvalue weighted by atomic mass is 9.99. The Balaban J connectivity index is 1.75. The number of aromatic nitrogens is 2. The predicted molar refractivity (Wildman–Crippen MR) is 131 cm³/mol. The summed E-state index contributed by atoms with van der Waals surface area (Å²) in [4.78, 5) is 35.6. The van der Waals surface area contributed by atoms with Crippen LogP contribution < -0.4 is 10.5 Å². The number of hydrogen-bond acceptors (Lipinski definition) is 6. The fourth-order valence-electron chi connectivity index (χ4n) is 4.02. The van der Waals surface area contributed by atoms with Gasteiger partial charge in [0.2, 0.25) is 0 Å². The van der Waals surface area contributed by atoms with Crippen LogP contribution in [0.4, 0.5) is 5.82 Å². The number of amides is 1. The maximum atomic E-state index is 13.4. The molecule has 0 radical (unpaired) electrons. The average Bonchev–Trinajstić information content (AvgIpc) is 3.04. The Kier molecular flexibility index (Phi) is 6.77. The van der Waals surface area contributed by atoms with Crippen molar-refractivity contribution < 1.29 is 4.79 Å². The van der Waals surface area contributed by atoms with Gasteiger partial charge >= 0.3 is 0 Å². The highest BCUT2D eigenvalue weighted by molar-refractivity contribution is 8.26. The summed E-state index contributed by atoms with van der Waals surface area (Å²) in [5, 5.41) is 0. The van der Waals surface area contributed by atoms with Gasteiger partial charge in [-0.05, 0) is 43.4 Å². The van der Waals surface area contributed by atoms with Crippen molar-refractivity contribution in [2.24, 2.45) is 5.92 Å². The van der Waals surface area contributed by atoms with E-state index in [1.165, 1.54) is 11.8 Å². The van der Waals surface area contributed by atoms with Crippen LogP contribution in [-0.4, -0.2) is 44.1 Å². The molecule has 2 fully saturated rings. The van der Waals surface area contributed by atoms with Crippen LogP contribution >= 0.6 is 24.0 Å². The highest BCUT2D eigenvalue weighted by Crippen LogP contribution is 2.34. The largest absolute Gasteiger partial charge is 0.356 e. The Labute approximate surface area is 192 Å². The minimum absolute atomic E-state index is 0.109. The summed E-state index contributed by atoms with van der Waals surface area (Å²) in [7, 11) is 0. The highest BCUT2D eigenvalue weighted by Gasteiger charge is 2.32. The molecule has 0 aromatic carbocycles. The van der Waals surface area contributed by atoms with Crippen LogP contribution in [0.5, 0.6) is 0 Å². The molecule has 0 atom stereocenters. The molecule has 0 N–H and O–H groups in total. The van der Waals surface area contributed by atoms with E-state index in [4.69, 9.17) is 17.2 Å². The molecule has 2 aromatic rings. The van der Waals surface area contributed by atoms with Crippen LogP contribution in [0.15, 0.2) is 34.1 Å². The molecule has 2 aromatic heterocycles. The third kappa shape index (κ3) is 4.55. The van der Waals surface area contributed by atoms with Gasteiger partial charge in [-0.1, -0.05) is 56.7 Å². The van der Waals surface area contributed by atoms with E-state index in [1.807, 2.05) is 18.2 Å². The van der Waals surface area contributed by atoms with Gasteiger partial charge in [0.1, 0.15) is 15.8 Å². The normalized spacial score (nSPS) is 19.2. The Morgan fingerprint density at radius 2 is 2.00 bits per heavy atom.